The summed E-state index contributed by atoms with van der Waals surface area (Å²) in [6.07, 6.45) is 3.56. The van der Waals surface area contributed by atoms with Crippen molar-refractivity contribution < 1.29 is 18.7 Å². The minimum Gasteiger partial charge on any atom is -0.496 e. The second-order valence-corrected chi connectivity index (χ2v) is 10.4. The van der Waals surface area contributed by atoms with Gasteiger partial charge in [-0.15, -0.1) is 0 Å². The molecule has 3 heterocycles. The number of rotatable bonds is 9. The largest absolute Gasteiger partial charge is 0.496 e. The number of hydrogen-bond donors (Lipinski definition) is 1. The van der Waals surface area contributed by atoms with Crippen molar-refractivity contribution in [2.24, 2.45) is 7.05 Å². The van der Waals surface area contributed by atoms with Crippen LogP contribution in [0.1, 0.15) is 38.8 Å². The Labute approximate surface area is 247 Å². The lowest BCUT2D eigenvalue weighted by molar-refractivity contribution is 0.101. The monoisotopic (exact) mass is 595 g/mol. The van der Waals surface area contributed by atoms with Crippen LogP contribution in [0.25, 0.3) is 22.4 Å². The Morgan fingerprint density at radius 3 is 2.73 bits per heavy atom. The maximum Gasteiger partial charge on any atom is 0.291 e. The van der Waals surface area contributed by atoms with Gasteiger partial charge in [-0.1, -0.05) is 41.4 Å². The first-order valence-electron chi connectivity index (χ1n) is 13.1. The number of carbonyl (C=O) groups excluding carboxylic acids is 2. The Hall–Kier alpha value is -3.79. The average Bonchev–Trinajstić information content (AvgIpc) is 3.32. The molecular formula is C30H28Cl2FN5O3. The van der Waals surface area contributed by atoms with Crippen molar-refractivity contribution in [1.82, 2.24) is 19.4 Å². The van der Waals surface area contributed by atoms with Crippen molar-refractivity contribution in [2.45, 2.75) is 19.4 Å². The minimum absolute atomic E-state index is 0.278. The molecule has 1 N–H and O–H groups in total. The third-order valence-corrected chi connectivity index (χ3v) is 8.00. The number of anilines is 1. The number of hydrogen-bond acceptors (Lipinski definition) is 6. The molecule has 0 saturated heterocycles. The molecule has 0 bridgehead atoms. The number of nitrogens with zero attached hydrogens (tertiary/aromatic N) is 4. The zero-order valence-corrected chi connectivity index (χ0v) is 24.1. The van der Waals surface area contributed by atoms with Crippen LogP contribution in [0.15, 0.2) is 48.7 Å². The van der Waals surface area contributed by atoms with Crippen LogP contribution in [-0.4, -0.2) is 58.5 Å². The number of nitrogens with one attached hydrogen (secondary N) is 1. The van der Waals surface area contributed by atoms with E-state index < -0.39 is 0 Å². The summed E-state index contributed by atoms with van der Waals surface area (Å²) in [6, 6.07) is 12.1. The van der Waals surface area contributed by atoms with E-state index in [1.165, 1.54) is 7.11 Å². The summed E-state index contributed by atoms with van der Waals surface area (Å²) in [7, 11) is 3.31. The van der Waals surface area contributed by atoms with Gasteiger partial charge < -0.3 is 14.6 Å². The molecule has 4 aromatic rings. The first kappa shape index (κ1) is 28.7. The molecule has 41 heavy (non-hydrogen) atoms. The summed E-state index contributed by atoms with van der Waals surface area (Å²) < 4.78 is 19.8. The molecule has 5 rings (SSSR count). The molecular weight excluding hydrogens is 568 g/mol. The van der Waals surface area contributed by atoms with Crippen LogP contribution in [0, 0.1) is 0 Å². The number of imidazole rings is 1. The number of aldehydes is 1. The number of carbonyl (C=O) groups is 2. The van der Waals surface area contributed by atoms with Crippen LogP contribution in [0.3, 0.4) is 0 Å². The van der Waals surface area contributed by atoms with Gasteiger partial charge in [0, 0.05) is 61.7 Å². The van der Waals surface area contributed by atoms with Gasteiger partial charge in [-0.2, -0.15) is 0 Å². The van der Waals surface area contributed by atoms with Crippen molar-refractivity contribution in [1.29, 1.82) is 0 Å². The van der Waals surface area contributed by atoms with Gasteiger partial charge in [0.25, 0.3) is 5.91 Å². The number of pyridine rings is 1. The predicted octanol–water partition coefficient (Wildman–Crippen LogP) is 6.25. The number of fused-ring (bicyclic) bond motifs is 1. The number of methoxy groups -OCH3 is 1. The zero-order valence-electron chi connectivity index (χ0n) is 22.6. The predicted molar refractivity (Wildman–Crippen MR) is 158 cm³/mol. The lowest BCUT2D eigenvalue weighted by Crippen LogP contribution is -2.32. The first-order valence-corrected chi connectivity index (χ1v) is 13.8. The first-order chi connectivity index (χ1) is 19.9. The molecule has 0 radical (unpaired) electrons. The second-order valence-electron chi connectivity index (χ2n) is 9.67. The smallest absolute Gasteiger partial charge is 0.291 e. The molecule has 8 nitrogen and oxygen atoms in total. The summed E-state index contributed by atoms with van der Waals surface area (Å²) in [5.41, 5.74) is 5.04. The fourth-order valence-corrected chi connectivity index (χ4v) is 5.68. The van der Waals surface area contributed by atoms with E-state index in [-0.39, 0.29) is 18.4 Å². The van der Waals surface area contributed by atoms with Gasteiger partial charge >= 0.3 is 0 Å². The zero-order chi connectivity index (χ0) is 29.1. The lowest BCUT2D eigenvalue weighted by Gasteiger charge is -2.26. The Bertz CT molecular complexity index is 1620. The number of benzene rings is 2. The Morgan fingerprint density at radius 1 is 1.17 bits per heavy atom. The van der Waals surface area contributed by atoms with Crippen molar-refractivity contribution in [3.8, 4) is 28.1 Å². The van der Waals surface area contributed by atoms with Crippen LogP contribution in [0.4, 0.5) is 10.1 Å². The molecule has 212 valence electrons. The van der Waals surface area contributed by atoms with Gasteiger partial charge in [-0.25, -0.2) is 4.98 Å². The van der Waals surface area contributed by atoms with Crippen molar-refractivity contribution in [3.63, 3.8) is 0 Å². The molecule has 0 fully saturated rings. The summed E-state index contributed by atoms with van der Waals surface area (Å²) in [4.78, 5) is 35.9. The van der Waals surface area contributed by atoms with Gasteiger partial charge in [-0.05, 0) is 30.7 Å². The van der Waals surface area contributed by atoms with Crippen LogP contribution >= 0.6 is 23.2 Å². The van der Waals surface area contributed by atoms with E-state index >= 15 is 0 Å². The molecule has 1 amide bonds. The van der Waals surface area contributed by atoms with Gasteiger partial charge in [0.1, 0.15) is 5.75 Å². The third kappa shape index (κ3) is 5.70. The van der Waals surface area contributed by atoms with E-state index in [9.17, 15) is 14.0 Å². The molecule has 11 heteroatoms. The van der Waals surface area contributed by atoms with E-state index in [0.29, 0.717) is 68.9 Å². The summed E-state index contributed by atoms with van der Waals surface area (Å²) in [5.74, 6) is 0.299. The number of ether oxygens (including phenoxy) is 1. The SMILES string of the molecule is COc1cc(-c2nccc(-c3cccc(NC(=O)c4nc5c(n4C)CCN(CCCF)C5)c3Cl)c2Cl)ccc1C=O. The minimum atomic E-state index is -0.389. The molecule has 1 aliphatic rings. The Kier molecular flexibility index (Phi) is 8.68. The quantitative estimate of drug-likeness (QED) is 0.230. The summed E-state index contributed by atoms with van der Waals surface area (Å²) >= 11 is 13.7. The molecule has 2 aromatic heterocycles. The number of aromatic nitrogens is 3. The topological polar surface area (TPSA) is 89.3 Å². The average molecular weight is 596 g/mol. The van der Waals surface area contributed by atoms with Crippen molar-refractivity contribution in [2.75, 3.05) is 32.2 Å². The van der Waals surface area contributed by atoms with Crippen LogP contribution < -0.4 is 10.1 Å². The molecule has 0 atom stereocenters. The Morgan fingerprint density at radius 2 is 1.98 bits per heavy atom. The van der Waals surface area contributed by atoms with E-state index in [1.807, 2.05) is 17.7 Å². The second kappa shape index (κ2) is 12.4. The van der Waals surface area contributed by atoms with E-state index in [0.717, 1.165) is 30.6 Å². The van der Waals surface area contributed by atoms with Crippen molar-refractivity contribution >= 4 is 41.1 Å². The highest BCUT2D eigenvalue weighted by molar-refractivity contribution is 6.39. The molecule has 2 aromatic carbocycles. The molecule has 0 spiro atoms. The van der Waals surface area contributed by atoms with E-state index in [4.69, 9.17) is 27.9 Å². The third-order valence-electron chi connectivity index (χ3n) is 7.21. The number of halogens is 3. The fraction of sp³-hybridized carbons (Fsp3) is 0.267. The van der Waals surface area contributed by atoms with Crippen LogP contribution in [0.2, 0.25) is 10.0 Å². The number of amides is 1. The highest BCUT2D eigenvalue weighted by Gasteiger charge is 2.26. The number of alkyl halides is 1. The van der Waals surface area contributed by atoms with Crippen LogP contribution in [-0.2, 0) is 20.0 Å². The van der Waals surface area contributed by atoms with Crippen molar-refractivity contribution in [3.05, 3.63) is 81.5 Å². The maximum absolute atomic E-state index is 13.3. The Balaban J connectivity index is 1.42. The van der Waals surface area contributed by atoms with Gasteiger partial charge in [0.15, 0.2) is 12.1 Å². The van der Waals surface area contributed by atoms with Crippen LogP contribution in [0.5, 0.6) is 5.75 Å². The standard InChI is InChI=1S/C30H28Cl2FN5O3/c1-37-24-10-14-38(13-4-11-33)16-23(24)35-29(37)30(40)36-22-6-3-5-20(26(22)31)21-9-12-34-28(27(21)32)18-7-8-19(17-39)25(15-18)41-2/h3,5-9,12,15,17H,4,10-11,13-14,16H2,1-2H3,(H,36,40). The molecule has 0 aliphatic carbocycles. The summed E-state index contributed by atoms with van der Waals surface area (Å²) in [5, 5.41) is 3.56. The normalized spacial score (nSPS) is 13.1. The highest BCUT2D eigenvalue weighted by atomic mass is 35.5. The van der Waals surface area contributed by atoms with Gasteiger partial charge in [0.05, 0.1) is 46.5 Å². The molecule has 1 aliphatic heterocycles. The van der Waals surface area contributed by atoms with Gasteiger partial charge in [-0.3, -0.25) is 23.9 Å². The summed E-state index contributed by atoms with van der Waals surface area (Å²) in [6.45, 7) is 1.69. The lowest BCUT2D eigenvalue weighted by atomic mass is 10.0. The fourth-order valence-electron chi connectivity index (χ4n) is 5.08. The van der Waals surface area contributed by atoms with Gasteiger partial charge in [0.2, 0.25) is 0 Å². The molecule has 0 unspecified atom stereocenters. The van der Waals surface area contributed by atoms with E-state index in [2.05, 4.69) is 20.2 Å². The molecule has 0 saturated carbocycles. The van der Waals surface area contributed by atoms with E-state index in [1.54, 1.807) is 42.6 Å². The maximum atomic E-state index is 13.3. The highest BCUT2D eigenvalue weighted by Crippen LogP contribution is 2.41.